The van der Waals surface area contributed by atoms with Crippen molar-refractivity contribution < 1.29 is 19.4 Å². The molecular formula is C22H21NO4S2. The molecule has 0 aliphatic carbocycles. The summed E-state index contributed by atoms with van der Waals surface area (Å²) in [6, 6.07) is 14.9. The van der Waals surface area contributed by atoms with Crippen LogP contribution in [0.2, 0.25) is 0 Å². The first-order chi connectivity index (χ1) is 13.9. The first-order valence-electron chi connectivity index (χ1n) is 9.22. The fraction of sp³-hybridized carbons (Fsp3) is 0.227. The molecule has 7 heteroatoms. The number of aliphatic carboxylic acids is 1. The lowest BCUT2D eigenvalue weighted by Crippen LogP contribution is -2.27. The predicted octanol–water partition coefficient (Wildman–Crippen LogP) is 5.07. The molecule has 0 radical (unpaired) electrons. The number of carboxylic acids is 1. The monoisotopic (exact) mass is 427 g/mol. The minimum atomic E-state index is -1.06. The first-order valence-corrected chi connectivity index (χ1v) is 10.4. The number of nitrogens with zero attached hydrogens (tertiary/aromatic N) is 1. The molecule has 1 saturated heterocycles. The van der Waals surface area contributed by atoms with E-state index in [2.05, 4.69) is 13.8 Å². The van der Waals surface area contributed by atoms with E-state index in [1.807, 2.05) is 24.3 Å². The van der Waals surface area contributed by atoms with Crippen molar-refractivity contribution in [1.82, 2.24) is 0 Å². The maximum atomic E-state index is 13.0. The lowest BCUT2D eigenvalue weighted by molar-refractivity contribution is -0.139. The van der Waals surface area contributed by atoms with E-state index < -0.39 is 12.6 Å². The van der Waals surface area contributed by atoms with Crippen LogP contribution in [0.15, 0.2) is 53.4 Å². The molecule has 1 unspecified atom stereocenters. The van der Waals surface area contributed by atoms with Crippen molar-refractivity contribution in [2.75, 3.05) is 11.5 Å². The molecule has 1 heterocycles. The van der Waals surface area contributed by atoms with Gasteiger partial charge in [0.05, 0.1) is 10.6 Å². The van der Waals surface area contributed by atoms with Crippen molar-refractivity contribution >= 4 is 51.9 Å². The van der Waals surface area contributed by atoms with Gasteiger partial charge in [-0.2, -0.15) is 0 Å². The molecule has 3 rings (SSSR count). The van der Waals surface area contributed by atoms with E-state index in [0.717, 1.165) is 12.1 Å². The molecule has 0 aromatic heterocycles. The van der Waals surface area contributed by atoms with Crippen molar-refractivity contribution in [1.29, 1.82) is 0 Å². The smallest absolute Gasteiger partial charge is 0.341 e. The number of carboxylic acid groups (broad SMARTS) is 1. The van der Waals surface area contributed by atoms with Crippen LogP contribution >= 0.6 is 24.0 Å². The van der Waals surface area contributed by atoms with E-state index in [-0.39, 0.29) is 5.91 Å². The largest absolute Gasteiger partial charge is 0.481 e. The molecule has 29 heavy (non-hydrogen) atoms. The van der Waals surface area contributed by atoms with Gasteiger partial charge in [-0.1, -0.05) is 68.2 Å². The summed E-state index contributed by atoms with van der Waals surface area (Å²) in [6.07, 6.45) is 2.73. The summed E-state index contributed by atoms with van der Waals surface area (Å²) in [4.78, 5) is 25.8. The van der Waals surface area contributed by atoms with Gasteiger partial charge in [0, 0.05) is 5.56 Å². The number of amides is 1. The molecule has 1 aliphatic heterocycles. The van der Waals surface area contributed by atoms with Crippen LogP contribution in [0, 0.1) is 0 Å². The highest BCUT2D eigenvalue weighted by molar-refractivity contribution is 8.27. The Bertz CT molecular complexity index is 969. The van der Waals surface area contributed by atoms with Crippen molar-refractivity contribution in [2.24, 2.45) is 0 Å². The lowest BCUT2D eigenvalue weighted by Gasteiger charge is -2.16. The number of carbonyl (C=O) groups excluding carboxylic acids is 1. The van der Waals surface area contributed by atoms with E-state index in [1.54, 1.807) is 30.3 Å². The summed E-state index contributed by atoms with van der Waals surface area (Å²) in [5.74, 6) is -0.410. The van der Waals surface area contributed by atoms with Crippen LogP contribution in [-0.2, 0) is 9.59 Å². The van der Waals surface area contributed by atoms with Crippen LogP contribution in [-0.4, -0.2) is 27.9 Å². The quantitative estimate of drug-likeness (QED) is 0.492. The summed E-state index contributed by atoms with van der Waals surface area (Å²) in [7, 11) is 0. The average Bonchev–Trinajstić information content (AvgIpc) is 2.99. The fourth-order valence-electron chi connectivity index (χ4n) is 2.89. The highest BCUT2D eigenvalue weighted by Crippen LogP contribution is 2.37. The molecule has 150 valence electrons. The van der Waals surface area contributed by atoms with Gasteiger partial charge in [-0.25, -0.2) is 4.79 Å². The van der Waals surface area contributed by atoms with Crippen molar-refractivity contribution in [3.8, 4) is 5.75 Å². The number of para-hydroxylation sites is 1. The summed E-state index contributed by atoms with van der Waals surface area (Å²) in [6.45, 7) is 3.86. The van der Waals surface area contributed by atoms with E-state index in [1.165, 1.54) is 22.2 Å². The molecule has 1 fully saturated rings. The van der Waals surface area contributed by atoms with E-state index in [0.29, 0.717) is 26.5 Å². The normalized spacial score (nSPS) is 16.3. The molecular weight excluding hydrogens is 406 g/mol. The number of ether oxygens (including phenoxy) is 1. The Labute approximate surface area is 179 Å². The van der Waals surface area contributed by atoms with Crippen LogP contribution in [0.3, 0.4) is 0 Å². The Morgan fingerprint density at radius 2 is 1.93 bits per heavy atom. The summed E-state index contributed by atoms with van der Waals surface area (Å²) in [5, 5.41) is 8.83. The van der Waals surface area contributed by atoms with Gasteiger partial charge in [0.15, 0.2) is 10.9 Å². The van der Waals surface area contributed by atoms with Gasteiger partial charge in [-0.15, -0.1) is 0 Å². The standard InChI is InChI=1S/C22H21NO4S2/c1-3-14(2)15-8-10-17(11-9-15)23-21(26)19(29-22(23)28)12-16-6-4-5-7-18(16)27-13-20(24)25/h4-12,14H,3,13H2,1-2H3,(H,24,25)/b19-12+. The minimum Gasteiger partial charge on any atom is -0.481 e. The number of thioether (sulfide) groups is 1. The number of thiocarbonyl (C=S) groups is 1. The molecule has 0 spiro atoms. The van der Waals surface area contributed by atoms with Crippen LogP contribution in [0.4, 0.5) is 5.69 Å². The van der Waals surface area contributed by atoms with Crippen LogP contribution in [0.1, 0.15) is 37.3 Å². The molecule has 2 aromatic carbocycles. The Balaban J connectivity index is 1.85. The van der Waals surface area contributed by atoms with Gasteiger partial charge in [-0.3, -0.25) is 9.69 Å². The molecule has 1 aliphatic rings. The molecule has 0 saturated carbocycles. The number of anilines is 1. The highest BCUT2D eigenvalue weighted by Gasteiger charge is 2.33. The number of hydrogen-bond donors (Lipinski definition) is 1. The zero-order chi connectivity index (χ0) is 21.0. The summed E-state index contributed by atoms with van der Waals surface area (Å²) >= 11 is 6.65. The number of benzene rings is 2. The molecule has 1 atom stereocenters. The maximum Gasteiger partial charge on any atom is 0.341 e. The average molecular weight is 428 g/mol. The van der Waals surface area contributed by atoms with Crippen LogP contribution < -0.4 is 9.64 Å². The van der Waals surface area contributed by atoms with E-state index in [9.17, 15) is 9.59 Å². The third-order valence-electron chi connectivity index (χ3n) is 4.68. The summed E-state index contributed by atoms with van der Waals surface area (Å²) in [5.41, 5.74) is 2.58. The zero-order valence-electron chi connectivity index (χ0n) is 16.1. The highest BCUT2D eigenvalue weighted by atomic mass is 32.2. The van der Waals surface area contributed by atoms with Crippen LogP contribution in [0.25, 0.3) is 6.08 Å². The third-order valence-corrected chi connectivity index (χ3v) is 5.99. The van der Waals surface area contributed by atoms with E-state index >= 15 is 0 Å². The third kappa shape index (κ3) is 4.86. The lowest BCUT2D eigenvalue weighted by atomic mass is 9.98. The molecule has 1 N–H and O–H groups in total. The second-order valence-electron chi connectivity index (χ2n) is 6.64. The van der Waals surface area contributed by atoms with Crippen molar-refractivity contribution in [3.05, 3.63) is 64.6 Å². The minimum absolute atomic E-state index is 0.204. The van der Waals surface area contributed by atoms with Gasteiger partial charge in [0.25, 0.3) is 5.91 Å². The van der Waals surface area contributed by atoms with Gasteiger partial charge in [0.2, 0.25) is 0 Å². The van der Waals surface area contributed by atoms with Gasteiger partial charge in [0.1, 0.15) is 5.75 Å². The molecule has 5 nitrogen and oxygen atoms in total. The van der Waals surface area contributed by atoms with Crippen molar-refractivity contribution in [2.45, 2.75) is 26.2 Å². The van der Waals surface area contributed by atoms with Crippen molar-refractivity contribution in [3.63, 3.8) is 0 Å². The number of carbonyl (C=O) groups is 2. The SMILES string of the molecule is CCC(C)c1ccc(N2C(=O)/C(=C\c3ccccc3OCC(=O)O)SC2=S)cc1. The summed E-state index contributed by atoms with van der Waals surface area (Å²) < 4.78 is 5.78. The number of hydrogen-bond acceptors (Lipinski definition) is 5. The zero-order valence-corrected chi connectivity index (χ0v) is 17.8. The Morgan fingerprint density at radius 3 is 2.59 bits per heavy atom. The number of rotatable bonds is 7. The molecule has 2 aromatic rings. The maximum absolute atomic E-state index is 13.0. The van der Waals surface area contributed by atoms with Gasteiger partial charge in [-0.05, 0) is 42.2 Å². The Morgan fingerprint density at radius 1 is 1.24 bits per heavy atom. The second kappa shape index (κ2) is 9.24. The van der Waals surface area contributed by atoms with E-state index in [4.69, 9.17) is 22.1 Å². The van der Waals surface area contributed by atoms with Gasteiger partial charge < -0.3 is 9.84 Å². The predicted molar refractivity (Wildman–Crippen MR) is 120 cm³/mol. The first kappa shape index (κ1) is 21.1. The Kier molecular flexibility index (Phi) is 6.71. The van der Waals surface area contributed by atoms with Gasteiger partial charge >= 0.3 is 5.97 Å². The van der Waals surface area contributed by atoms with Crippen LogP contribution in [0.5, 0.6) is 5.75 Å². The fourth-order valence-corrected chi connectivity index (χ4v) is 4.18. The molecule has 0 bridgehead atoms. The topological polar surface area (TPSA) is 66.8 Å². The Hall–Kier alpha value is -2.64. The second-order valence-corrected chi connectivity index (χ2v) is 8.31. The molecule has 1 amide bonds.